The van der Waals surface area contributed by atoms with Crippen LogP contribution in [0.25, 0.3) is 0 Å². The number of anilines is 1. The number of carbonyl (C=O) groups excluding carboxylic acids is 1. The maximum absolute atomic E-state index is 11.4. The summed E-state index contributed by atoms with van der Waals surface area (Å²) in [7, 11) is 2.07. The van der Waals surface area contributed by atoms with Gasteiger partial charge in [-0.1, -0.05) is 0 Å². The molecule has 14 heavy (non-hydrogen) atoms. The monoisotopic (exact) mass is 190 g/mol. The normalized spacial score (nSPS) is 14.3. The van der Waals surface area contributed by atoms with Crippen LogP contribution in [0.2, 0.25) is 0 Å². The second-order valence-electron chi connectivity index (χ2n) is 3.64. The van der Waals surface area contributed by atoms with Gasteiger partial charge in [-0.2, -0.15) is 0 Å². The van der Waals surface area contributed by atoms with Gasteiger partial charge in [0, 0.05) is 24.8 Å². The second-order valence-corrected chi connectivity index (χ2v) is 3.64. The molecule has 1 aliphatic rings. The van der Waals surface area contributed by atoms with Crippen molar-refractivity contribution in [3.05, 3.63) is 29.3 Å². The van der Waals surface area contributed by atoms with Crippen LogP contribution < -0.4 is 10.6 Å². The first-order valence-electron chi connectivity index (χ1n) is 4.79. The maximum Gasteiger partial charge on any atom is 0.176 e. The zero-order valence-electron chi connectivity index (χ0n) is 8.29. The molecule has 0 saturated heterocycles. The van der Waals surface area contributed by atoms with Gasteiger partial charge in [0.05, 0.1) is 6.54 Å². The first-order chi connectivity index (χ1) is 6.72. The highest BCUT2D eigenvalue weighted by molar-refractivity contribution is 5.98. The standard InChI is InChI=1S/C11H14N2O/c1-13-5-4-8-6-9(11(14)7-12)2-3-10(8)13/h2-3,6H,4-5,7,12H2,1H3. The van der Waals surface area contributed by atoms with Gasteiger partial charge in [0.25, 0.3) is 0 Å². The molecule has 1 heterocycles. The van der Waals surface area contributed by atoms with Gasteiger partial charge < -0.3 is 10.6 Å². The van der Waals surface area contributed by atoms with E-state index in [2.05, 4.69) is 11.9 Å². The summed E-state index contributed by atoms with van der Waals surface area (Å²) >= 11 is 0. The summed E-state index contributed by atoms with van der Waals surface area (Å²) in [5, 5.41) is 0. The quantitative estimate of drug-likeness (QED) is 0.702. The van der Waals surface area contributed by atoms with Crippen molar-refractivity contribution in [2.45, 2.75) is 6.42 Å². The Morgan fingerprint density at radius 3 is 3.07 bits per heavy atom. The van der Waals surface area contributed by atoms with E-state index in [1.54, 1.807) is 0 Å². The summed E-state index contributed by atoms with van der Waals surface area (Å²) in [5.41, 5.74) is 8.55. The van der Waals surface area contributed by atoms with Crippen molar-refractivity contribution < 1.29 is 4.79 Å². The number of likely N-dealkylation sites (N-methyl/N-ethyl adjacent to an activating group) is 1. The summed E-state index contributed by atoms with van der Waals surface area (Å²) in [5.74, 6) is 0.0161. The molecule has 0 atom stereocenters. The largest absolute Gasteiger partial charge is 0.374 e. The van der Waals surface area contributed by atoms with E-state index in [0.29, 0.717) is 0 Å². The third-order valence-electron chi connectivity index (χ3n) is 2.71. The van der Waals surface area contributed by atoms with Crippen LogP contribution in [-0.4, -0.2) is 25.9 Å². The molecule has 2 N–H and O–H groups in total. The fraction of sp³-hybridized carbons (Fsp3) is 0.364. The Bertz CT molecular complexity index is 374. The number of rotatable bonds is 2. The Morgan fingerprint density at radius 1 is 1.57 bits per heavy atom. The molecular formula is C11H14N2O. The Kier molecular flexibility index (Phi) is 2.25. The first-order valence-corrected chi connectivity index (χ1v) is 4.79. The topological polar surface area (TPSA) is 46.3 Å². The van der Waals surface area contributed by atoms with Gasteiger partial charge in [0.2, 0.25) is 0 Å². The molecule has 0 fully saturated rings. The number of nitrogens with two attached hydrogens (primary N) is 1. The van der Waals surface area contributed by atoms with Crippen molar-refractivity contribution in [2.75, 3.05) is 25.0 Å². The summed E-state index contributed by atoms with van der Waals surface area (Å²) in [6.07, 6.45) is 1.03. The van der Waals surface area contributed by atoms with Crippen LogP contribution in [-0.2, 0) is 6.42 Å². The van der Waals surface area contributed by atoms with Crippen LogP contribution in [0, 0.1) is 0 Å². The third-order valence-corrected chi connectivity index (χ3v) is 2.71. The summed E-state index contributed by atoms with van der Waals surface area (Å²) in [6, 6.07) is 5.83. The van der Waals surface area contributed by atoms with Crippen LogP contribution in [0.3, 0.4) is 0 Å². The molecule has 0 aliphatic carbocycles. The lowest BCUT2D eigenvalue weighted by molar-refractivity contribution is 0.100. The van der Waals surface area contributed by atoms with Crippen LogP contribution in [0.4, 0.5) is 5.69 Å². The lowest BCUT2D eigenvalue weighted by atomic mass is 10.1. The molecule has 0 saturated carbocycles. The second kappa shape index (κ2) is 3.42. The van der Waals surface area contributed by atoms with Crippen LogP contribution in [0.5, 0.6) is 0 Å². The van der Waals surface area contributed by atoms with Crippen molar-refractivity contribution in [3.63, 3.8) is 0 Å². The molecule has 0 bridgehead atoms. The molecule has 1 aromatic rings. The molecule has 0 spiro atoms. The van der Waals surface area contributed by atoms with Crippen LogP contribution in [0.1, 0.15) is 15.9 Å². The highest BCUT2D eigenvalue weighted by Crippen LogP contribution is 2.27. The van der Waals surface area contributed by atoms with Crippen molar-refractivity contribution in [1.82, 2.24) is 0 Å². The number of ketones is 1. The summed E-state index contributed by atoms with van der Waals surface area (Å²) in [4.78, 5) is 13.6. The molecule has 0 amide bonds. The Labute approximate surface area is 83.5 Å². The van der Waals surface area contributed by atoms with E-state index in [1.807, 2.05) is 18.2 Å². The summed E-state index contributed by atoms with van der Waals surface area (Å²) < 4.78 is 0. The van der Waals surface area contributed by atoms with E-state index < -0.39 is 0 Å². The van der Waals surface area contributed by atoms with Crippen LogP contribution in [0.15, 0.2) is 18.2 Å². The lowest BCUT2D eigenvalue weighted by Crippen LogP contribution is -2.14. The number of hydrogen-bond acceptors (Lipinski definition) is 3. The van der Waals surface area contributed by atoms with Crippen molar-refractivity contribution in [2.24, 2.45) is 5.73 Å². The van der Waals surface area contributed by atoms with Gasteiger partial charge in [-0.25, -0.2) is 0 Å². The average Bonchev–Trinajstić information content (AvgIpc) is 2.59. The molecule has 0 unspecified atom stereocenters. The summed E-state index contributed by atoms with van der Waals surface area (Å²) in [6.45, 7) is 1.13. The van der Waals surface area contributed by atoms with E-state index in [-0.39, 0.29) is 12.3 Å². The zero-order valence-corrected chi connectivity index (χ0v) is 8.29. The van der Waals surface area contributed by atoms with Gasteiger partial charge in [0.1, 0.15) is 0 Å². The Morgan fingerprint density at radius 2 is 2.36 bits per heavy atom. The van der Waals surface area contributed by atoms with Crippen molar-refractivity contribution >= 4 is 11.5 Å². The molecular weight excluding hydrogens is 176 g/mol. The van der Waals surface area contributed by atoms with Gasteiger partial charge >= 0.3 is 0 Å². The smallest absolute Gasteiger partial charge is 0.176 e. The minimum Gasteiger partial charge on any atom is -0.374 e. The number of Topliss-reactive ketones (excluding diaryl/α,β-unsaturated/α-hetero) is 1. The van der Waals surface area contributed by atoms with E-state index in [4.69, 9.17) is 5.73 Å². The molecule has 0 radical (unpaired) electrons. The van der Waals surface area contributed by atoms with E-state index in [9.17, 15) is 4.79 Å². The van der Waals surface area contributed by atoms with Gasteiger partial charge in [0.15, 0.2) is 5.78 Å². The van der Waals surface area contributed by atoms with E-state index >= 15 is 0 Å². The first kappa shape index (κ1) is 9.21. The molecule has 74 valence electrons. The fourth-order valence-corrected chi connectivity index (χ4v) is 1.86. The number of benzene rings is 1. The SMILES string of the molecule is CN1CCc2cc(C(=O)CN)ccc21. The molecule has 0 aromatic heterocycles. The Hall–Kier alpha value is -1.35. The van der Waals surface area contributed by atoms with E-state index in [0.717, 1.165) is 18.5 Å². The Balaban J connectivity index is 2.37. The van der Waals surface area contributed by atoms with Gasteiger partial charge in [-0.15, -0.1) is 0 Å². The molecule has 3 nitrogen and oxygen atoms in total. The minimum absolute atomic E-state index is 0.0161. The van der Waals surface area contributed by atoms with Crippen molar-refractivity contribution in [1.29, 1.82) is 0 Å². The van der Waals surface area contributed by atoms with Crippen molar-refractivity contribution in [3.8, 4) is 0 Å². The number of hydrogen-bond donors (Lipinski definition) is 1. The van der Waals surface area contributed by atoms with Gasteiger partial charge in [-0.3, -0.25) is 4.79 Å². The number of carbonyl (C=O) groups is 1. The molecule has 1 aliphatic heterocycles. The predicted octanol–water partition coefficient (Wildman–Crippen LogP) is 0.820. The minimum atomic E-state index is 0.0161. The number of fused-ring (bicyclic) bond motifs is 1. The van der Waals surface area contributed by atoms with Gasteiger partial charge in [-0.05, 0) is 30.2 Å². The number of nitrogens with zero attached hydrogens (tertiary/aromatic N) is 1. The maximum atomic E-state index is 11.4. The fourth-order valence-electron chi connectivity index (χ4n) is 1.86. The molecule has 1 aromatic carbocycles. The predicted molar refractivity (Wildman–Crippen MR) is 56.8 cm³/mol. The molecule has 2 rings (SSSR count). The average molecular weight is 190 g/mol. The highest BCUT2D eigenvalue weighted by atomic mass is 16.1. The van der Waals surface area contributed by atoms with E-state index in [1.165, 1.54) is 11.3 Å². The zero-order chi connectivity index (χ0) is 10.1. The third kappa shape index (κ3) is 1.40. The molecule has 3 heteroatoms. The lowest BCUT2D eigenvalue weighted by Gasteiger charge is -2.11. The van der Waals surface area contributed by atoms with Crippen LogP contribution >= 0.6 is 0 Å². The highest BCUT2D eigenvalue weighted by Gasteiger charge is 2.16.